The third-order valence-corrected chi connectivity index (χ3v) is 5.17. The topological polar surface area (TPSA) is 38.5 Å². The van der Waals surface area contributed by atoms with Gasteiger partial charge in [0.25, 0.3) is 0 Å². The predicted molar refractivity (Wildman–Crippen MR) is 87.5 cm³/mol. The summed E-state index contributed by atoms with van der Waals surface area (Å²) in [7, 11) is 0. The zero-order chi connectivity index (χ0) is 14.5. The van der Waals surface area contributed by atoms with Gasteiger partial charge in [-0.15, -0.1) is 0 Å². The number of fused-ring (bicyclic) bond motifs is 1. The molecule has 1 heterocycles. The van der Waals surface area contributed by atoms with E-state index in [9.17, 15) is 0 Å². The summed E-state index contributed by atoms with van der Waals surface area (Å²) in [6.45, 7) is 4.53. The van der Waals surface area contributed by atoms with Gasteiger partial charge in [-0.3, -0.25) is 0 Å². The average Bonchev–Trinajstić information content (AvgIpc) is 2.53. The lowest BCUT2D eigenvalue weighted by Crippen LogP contribution is -2.42. The molecule has 116 valence electrons. The Bertz CT molecular complexity index is 449. The predicted octanol–water partition coefficient (Wildman–Crippen LogP) is 3.55. The van der Waals surface area contributed by atoms with Crippen molar-refractivity contribution in [2.24, 2.45) is 11.8 Å². The van der Waals surface area contributed by atoms with Crippen LogP contribution in [0.15, 0.2) is 24.3 Å². The van der Waals surface area contributed by atoms with E-state index in [0.29, 0.717) is 0 Å². The van der Waals surface area contributed by atoms with Gasteiger partial charge in [-0.1, -0.05) is 31.4 Å². The van der Waals surface area contributed by atoms with Crippen LogP contribution in [0.4, 0.5) is 5.69 Å². The third-order valence-electron chi connectivity index (χ3n) is 5.17. The number of nitrogens with two attached hydrogens (primary N) is 1. The molecule has 2 fully saturated rings. The molecule has 2 N–H and O–H groups in total. The lowest BCUT2D eigenvalue weighted by molar-refractivity contribution is 0.0830. The van der Waals surface area contributed by atoms with Crippen LogP contribution in [-0.4, -0.2) is 31.1 Å². The molecule has 1 aliphatic heterocycles. The Morgan fingerprint density at radius 1 is 1.10 bits per heavy atom. The first-order valence-corrected chi connectivity index (χ1v) is 8.52. The number of piperidine rings is 1. The molecule has 2 unspecified atom stereocenters. The number of ether oxygens (including phenoxy) is 1. The number of rotatable bonds is 5. The molecule has 2 aliphatic rings. The number of benzene rings is 1. The van der Waals surface area contributed by atoms with E-state index < -0.39 is 0 Å². The van der Waals surface area contributed by atoms with Crippen molar-refractivity contribution in [2.75, 3.05) is 32.0 Å². The fraction of sp³-hybridized carbons (Fsp3) is 0.667. The third kappa shape index (κ3) is 3.91. The van der Waals surface area contributed by atoms with E-state index in [1.807, 2.05) is 24.3 Å². The molecule has 0 amide bonds. The van der Waals surface area contributed by atoms with Crippen molar-refractivity contribution in [2.45, 2.75) is 38.5 Å². The standard InChI is InChI=1S/C18H28N2O/c19-17-8-3-4-9-18(17)21-13-5-11-20-12-10-15-6-1-2-7-16(15)14-20/h3-4,8-9,15-16H,1-2,5-7,10-14,19H2. The number of para-hydroxylation sites is 2. The first-order valence-electron chi connectivity index (χ1n) is 8.52. The van der Waals surface area contributed by atoms with Gasteiger partial charge >= 0.3 is 0 Å². The van der Waals surface area contributed by atoms with Crippen LogP contribution < -0.4 is 10.5 Å². The summed E-state index contributed by atoms with van der Waals surface area (Å²) in [5.74, 6) is 2.82. The highest BCUT2D eigenvalue weighted by Crippen LogP contribution is 2.35. The van der Waals surface area contributed by atoms with Crippen LogP contribution in [0.1, 0.15) is 38.5 Å². The second-order valence-electron chi connectivity index (χ2n) is 6.63. The fourth-order valence-corrected chi connectivity index (χ4v) is 3.96. The van der Waals surface area contributed by atoms with Gasteiger partial charge in [-0.05, 0) is 49.8 Å². The molecule has 0 spiro atoms. The smallest absolute Gasteiger partial charge is 0.142 e. The zero-order valence-corrected chi connectivity index (χ0v) is 13.0. The Kier molecular flexibility index (Phi) is 5.02. The highest BCUT2D eigenvalue weighted by atomic mass is 16.5. The van der Waals surface area contributed by atoms with Crippen LogP contribution in [0, 0.1) is 11.8 Å². The molecule has 3 heteroatoms. The molecule has 0 aromatic heterocycles. The molecule has 0 radical (unpaired) electrons. The maximum atomic E-state index is 5.88. The molecular weight excluding hydrogens is 260 g/mol. The Balaban J connectivity index is 1.37. The Morgan fingerprint density at radius 3 is 2.76 bits per heavy atom. The summed E-state index contributed by atoms with van der Waals surface area (Å²) >= 11 is 0. The minimum Gasteiger partial charge on any atom is -0.491 e. The van der Waals surface area contributed by atoms with Crippen molar-refractivity contribution in [1.82, 2.24) is 4.90 Å². The summed E-state index contributed by atoms with van der Waals surface area (Å²) < 4.78 is 5.78. The molecule has 1 saturated heterocycles. The summed E-state index contributed by atoms with van der Waals surface area (Å²) in [4.78, 5) is 2.64. The quantitative estimate of drug-likeness (QED) is 0.665. The van der Waals surface area contributed by atoms with E-state index in [0.717, 1.165) is 42.8 Å². The number of nitrogens with zero attached hydrogens (tertiary/aromatic N) is 1. The summed E-state index contributed by atoms with van der Waals surface area (Å²) in [5, 5.41) is 0. The van der Waals surface area contributed by atoms with Crippen molar-refractivity contribution >= 4 is 5.69 Å². The Labute approximate surface area is 128 Å². The molecule has 3 nitrogen and oxygen atoms in total. The van der Waals surface area contributed by atoms with Gasteiger partial charge < -0.3 is 15.4 Å². The lowest BCUT2D eigenvalue weighted by atomic mass is 9.75. The fourth-order valence-electron chi connectivity index (χ4n) is 3.96. The van der Waals surface area contributed by atoms with Crippen molar-refractivity contribution in [1.29, 1.82) is 0 Å². The molecule has 1 aromatic carbocycles. The van der Waals surface area contributed by atoms with Crippen LogP contribution >= 0.6 is 0 Å². The van der Waals surface area contributed by atoms with E-state index in [2.05, 4.69) is 4.90 Å². The van der Waals surface area contributed by atoms with Crippen molar-refractivity contribution in [3.63, 3.8) is 0 Å². The van der Waals surface area contributed by atoms with Crippen LogP contribution in [0.2, 0.25) is 0 Å². The van der Waals surface area contributed by atoms with Crippen molar-refractivity contribution < 1.29 is 4.74 Å². The average molecular weight is 288 g/mol. The number of anilines is 1. The van der Waals surface area contributed by atoms with E-state index in [1.165, 1.54) is 45.2 Å². The molecule has 2 atom stereocenters. The zero-order valence-electron chi connectivity index (χ0n) is 13.0. The monoisotopic (exact) mass is 288 g/mol. The van der Waals surface area contributed by atoms with Gasteiger partial charge in [0.2, 0.25) is 0 Å². The second-order valence-corrected chi connectivity index (χ2v) is 6.63. The molecule has 21 heavy (non-hydrogen) atoms. The number of hydrogen-bond acceptors (Lipinski definition) is 3. The van der Waals surface area contributed by atoms with E-state index >= 15 is 0 Å². The normalized spacial score (nSPS) is 26.3. The molecule has 1 aliphatic carbocycles. The lowest BCUT2D eigenvalue weighted by Gasteiger charge is -2.41. The number of hydrogen-bond donors (Lipinski definition) is 1. The van der Waals surface area contributed by atoms with Crippen LogP contribution in [0.25, 0.3) is 0 Å². The van der Waals surface area contributed by atoms with Crippen LogP contribution in [0.3, 0.4) is 0 Å². The SMILES string of the molecule is Nc1ccccc1OCCCN1CCC2CCCCC2C1. The maximum Gasteiger partial charge on any atom is 0.142 e. The van der Waals surface area contributed by atoms with E-state index in [-0.39, 0.29) is 0 Å². The van der Waals surface area contributed by atoms with Gasteiger partial charge in [0.05, 0.1) is 12.3 Å². The van der Waals surface area contributed by atoms with Crippen LogP contribution in [-0.2, 0) is 0 Å². The van der Waals surface area contributed by atoms with E-state index in [4.69, 9.17) is 10.5 Å². The first kappa shape index (κ1) is 14.7. The van der Waals surface area contributed by atoms with E-state index in [1.54, 1.807) is 0 Å². The van der Waals surface area contributed by atoms with Gasteiger partial charge in [-0.2, -0.15) is 0 Å². The number of nitrogen functional groups attached to an aromatic ring is 1. The highest BCUT2D eigenvalue weighted by Gasteiger charge is 2.30. The minimum atomic E-state index is 0.737. The summed E-state index contributed by atoms with van der Waals surface area (Å²) in [6, 6.07) is 7.75. The molecule has 3 rings (SSSR count). The first-order chi connectivity index (χ1) is 10.3. The van der Waals surface area contributed by atoms with Crippen molar-refractivity contribution in [3.05, 3.63) is 24.3 Å². The van der Waals surface area contributed by atoms with Gasteiger partial charge in [0.1, 0.15) is 5.75 Å². The molecule has 1 saturated carbocycles. The number of likely N-dealkylation sites (tertiary alicyclic amines) is 1. The largest absolute Gasteiger partial charge is 0.491 e. The van der Waals surface area contributed by atoms with Gasteiger partial charge in [0.15, 0.2) is 0 Å². The van der Waals surface area contributed by atoms with Gasteiger partial charge in [-0.25, -0.2) is 0 Å². The molecular formula is C18H28N2O. The summed E-state index contributed by atoms with van der Waals surface area (Å²) in [6.07, 6.45) is 8.36. The second kappa shape index (κ2) is 7.17. The van der Waals surface area contributed by atoms with Gasteiger partial charge in [0, 0.05) is 13.1 Å². The molecule has 0 bridgehead atoms. The summed E-state index contributed by atoms with van der Waals surface area (Å²) in [5.41, 5.74) is 6.62. The maximum absolute atomic E-state index is 5.88. The highest BCUT2D eigenvalue weighted by molar-refractivity contribution is 5.51. The van der Waals surface area contributed by atoms with Crippen molar-refractivity contribution in [3.8, 4) is 5.75 Å². The minimum absolute atomic E-state index is 0.737. The molecule has 1 aromatic rings. The Hall–Kier alpha value is -1.22. The Morgan fingerprint density at radius 2 is 1.90 bits per heavy atom. The van der Waals surface area contributed by atoms with Crippen LogP contribution in [0.5, 0.6) is 5.75 Å².